The summed E-state index contributed by atoms with van der Waals surface area (Å²) in [5, 5.41) is 11.6. The van der Waals surface area contributed by atoms with Crippen molar-refractivity contribution < 1.29 is 9.18 Å². The van der Waals surface area contributed by atoms with Crippen LogP contribution >= 0.6 is 11.6 Å². The van der Waals surface area contributed by atoms with E-state index < -0.39 is 0 Å². The Kier molecular flexibility index (Phi) is 4.85. The fourth-order valence-corrected chi connectivity index (χ4v) is 2.71. The molecule has 0 spiro atoms. The Bertz CT molecular complexity index is 900. The standard InChI is InChI=1S/C17H17ClFN5O/c1-3-24-16(15(18)11(2)22-24)17(25)21-14-8-20-23(10-14)9-12-4-6-13(19)7-5-12/h4-8,10H,3,9H2,1-2H3,(H,21,25). The number of carbonyl (C=O) groups is 1. The number of aromatic nitrogens is 4. The quantitative estimate of drug-likeness (QED) is 0.756. The van der Waals surface area contributed by atoms with Gasteiger partial charge in [0.25, 0.3) is 5.91 Å². The Balaban J connectivity index is 1.73. The summed E-state index contributed by atoms with van der Waals surface area (Å²) in [4.78, 5) is 12.5. The van der Waals surface area contributed by atoms with Gasteiger partial charge in [-0.1, -0.05) is 23.7 Å². The van der Waals surface area contributed by atoms with Crippen LogP contribution in [-0.2, 0) is 13.1 Å². The molecule has 0 aliphatic heterocycles. The average Bonchev–Trinajstić information content (AvgIpc) is 3.14. The van der Waals surface area contributed by atoms with Crippen LogP contribution in [-0.4, -0.2) is 25.5 Å². The van der Waals surface area contributed by atoms with E-state index in [9.17, 15) is 9.18 Å². The van der Waals surface area contributed by atoms with Crippen LogP contribution < -0.4 is 5.32 Å². The van der Waals surface area contributed by atoms with E-state index in [0.717, 1.165) is 5.56 Å². The van der Waals surface area contributed by atoms with Gasteiger partial charge in [-0.05, 0) is 31.5 Å². The van der Waals surface area contributed by atoms with Crippen LogP contribution in [0.4, 0.5) is 10.1 Å². The monoisotopic (exact) mass is 361 g/mol. The van der Waals surface area contributed by atoms with Gasteiger partial charge in [0, 0.05) is 12.7 Å². The molecule has 8 heteroatoms. The lowest BCUT2D eigenvalue weighted by molar-refractivity contribution is 0.101. The number of hydrogen-bond donors (Lipinski definition) is 1. The van der Waals surface area contributed by atoms with E-state index in [0.29, 0.717) is 35.2 Å². The highest BCUT2D eigenvalue weighted by Gasteiger charge is 2.20. The molecule has 1 aromatic carbocycles. The molecule has 0 radical (unpaired) electrons. The Morgan fingerprint density at radius 1 is 1.32 bits per heavy atom. The normalized spacial score (nSPS) is 10.9. The lowest BCUT2D eigenvalue weighted by Gasteiger charge is -2.05. The zero-order chi connectivity index (χ0) is 18.0. The predicted octanol–water partition coefficient (Wildman–Crippen LogP) is 3.50. The molecule has 0 aliphatic carbocycles. The molecule has 0 saturated heterocycles. The second-order valence-electron chi connectivity index (χ2n) is 5.57. The second-order valence-corrected chi connectivity index (χ2v) is 5.95. The van der Waals surface area contributed by atoms with E-state index in [2.05, 4.69) is 15.5 Å². The Labute approximate surface area is 149 Å². The molecule has 1 amide bonds. The third kappa shape index (κ3) is 3.71. The van der Waals surface area contributed by atoms with Crippen molar-refractivity contribution in [3.8, 4) is 0 Å². The van der Waals surface area contributed by atoms with Crippen molar-refractivity contribution in [3.05, 3.63) is 64.5 Å². The Hall–Kier alpha value is -2.67. The summed E-state index contributed by atoms with van der Waals surface area (Å²) in [7, 11) is 0. The lowest BCUT2D eigenvalue weighted by Crippen LogP contribution is -2.17. The van der Waals surface area contributed by atoms with Gasteiger partial charge in [0.15, 0.2) is 0 Å². The molecule has 0 saturated carbocycles. The van der Waals surface area contributed by atoms with Gasteiger partial charge in [0.05, 0.1) is 29.1 Å². The number of benzene rings is 1. The van der Waals surface area contributed by atoms with Crippen molar-refractivity contribution in [1.29, 1.82) is 0 Å². The van der Waals surface area contributed by atoms with Crippen molar-refractivity contribution in [2.75, 3.05) is 5.32 Å². The molecule has 0 unspecified atom stereocenters. The van der Waals surface area contributed by atoms with Crippen LogP contribution in [0.1, 0.15) is 28.7 Å². The van der Waals surface area contributed by atoms with Crippen LogP contribution in [0.25, 0.3) is 0 Å². The first-order valence-corrected chi connectivity index (χ1v) is 8.17. The molecule has 3 rings (SSSR count). The van der Waals surface area contributed by atoms with E-state index in [4.69, 9.17) is 11.6 Å². The smallest absolute Gasteiger partial charge is 0.275 e. The third-order valence-electron chi connectivity index (χ3n) is 3.72. The average molecular weight is 362 g/mol. The zero-order valence-corrected chi connectivity index (χ0v) is 14.6. The first kappa shape index (κ1) is 17.2. The molecule has 0 bridgehead atoms. The van der Waals surface area contributed by atoms with Crippen molar-refractivity contribution in [2.24, 2.45) is 0 Å². The van der Waals surface area contributed by atoms with Gasteiger partial charge in [-0.2, -0.15) is 10.2 Å². The van der Waals surface area contributed by atoms with Crippen molar-refractivity contribution in [2.45, 2.75) is 26.9 Å². The number of anilines is 1. The van der Waals surface area contributed by atoms with Crippen LogP contribution in [0, 0.1) is 12.7 Å². The Morgan fingerprint density at radius 2 is 2.04 bits per heavy atom. The predicted molar refractivity (Wildman–Crippen MR) is 93.3 cm³/mol. The van der Waals surface area contributed by atoms with Crippen LogP contribution in [0.3, 0.4) is 0 Å². The van der Waals surface area contributed by atoms with E-state index >= 15 is 0 Å². The highest BCUT2D eigenvalue weighted by molar-refractivity contribution is 6.34. The molecule has 130 valence electrons. The van der Waals surface area contributed by atoms with Crippen LogP contribution in [0.2, 0.25) is 5.02 Å². The second kappa shape index (κ2) is 7.06. The number of rotatable bonds is 5. The maximum atomic E-state index is 12.9. The molecule has 2 heterocycles. The van der Waals surface area contributed by atoms with E-state index in [1.165, 1.54) is 12.1 Å². The highest BCUT2D eigenvalue weighted by atomic mass is 35.5. The van der Waals surface area contributed by atoms with Crippen molar-refractivity contribution in [1.82, 2.24) is 19.6 Å². The maximum absolute atomic E-state index is 12.9. The summed E-state index contributed by atoms with van der Waals surface area (Å²) >= 11 is 6.18. The minimum absolute atomic E-state index is 0.281. The van der Waals surface area contributed by atoms with E-state index in [1.54, 1.807) is 40.8 Å². The first-order chi connectivity index (χ1) is 12.0. The van der Waals surface area contributed by atoms with Crippen LogP contribution in [0.5, 0.6) is 0 Å². The van der Waals surface area contributed by atoms with Crippen LogP contribution in [0.15, 0.2) is 36.7 Å². The lowest BCUT2D eigenvalue weighted by atomic mass is 10.2. The van der Waals surface area contributed by atoms with E-state index in [-0.39, 0.29) is 11.7 Å². The van der Waals surface area contributed by atoms with Gasteiger partial charge < -0.3 is 5.32 Å². The molecular formula is C17H17ClFN5O. The van der Waals surface area contributed by atoms with Gasteiger partial charge >= 0.3 is 0 Å². The maximum Gasteiger partial charge on any atom is 0.275 e. The van der Waals surface area contributed by atoms with Gasteiger partial charge in [0.2, 0.25) is 0 Å². The number of hydrogen-bond acceptors (Lipinski definition) is 3. The number of carbonyl (C=O) groups excluding carboxylic acids is 1. The number of aryl methyl sites for hydroxylation is 2. The third-order valence-corrected chi connectivity index (χ3v) is 4.17. The molecule has 0 fully saturated rings. The molecule has 6 nitrogen and oxygen atoms in total. The topological polar surface area (TPSA) is 64.7 Å². The molecule has 0 atom stereocenters. The number of halogens is 2. The number of nitrogens with one attached hydrogen (secondary N) is 1. The fraction of sp³-hybridized carbons (Fsp3) is 0.235. The SMILES string of the molecule is CCn1nc(C)c(Cl)c1C(=O)Nc1cnn(Cc2ccc(F)cc2)c1. The minimum Gasteiger partial charge on any atom is -0.318 e. The minimum atomic E-state index is -0.339. The summed E-state index contributed by atoms with van der Waals surface area (Å²) in [5.41, 5.74) is 2.39. The summed E-state index contributed by atoms with van der Waals surface area (Å²) < 4.78 is 16.2. The van der Waals surface area contributed by atoms with Gasteiger partial charge in [-0.15, -0.1) is 0 Å². The number of nitrogens with zero attached hydrogens (tertiary/aromatic N) is 4. The summed E-state index contributed by atoms with van der Waals surface area (Å²) in [5.74, 6) is -0.620. The molecule has 3 aromatic rings. The summed E-state index contributed by atoms with van der Waals surface area (Å²) in [6.07, 6.45) is 3.25. The molecule has 1 N–H and O–H groups in total. The number of amides is 1. The largest absolute Gasteiger partial charge is 0.318 e. The fourth-order valence-electron chi connectivity index (χ4n) is 2.49. The summed E-state index contributed by atoms with van der Waals surface area (Å²) in [6, 6.07) is 6.19. The van der Waals surface area contributed by atoms with Gasteiger partial charge in [-0.3, -0.25) is 14.2 Å². The van der Waals surface area contributed by atoms with Gasteiger partial charge in [0.1, 0.15) is 11.5 Å². The zero-order valence-electron chi connectivity index (χ0n) is 13.8. The van der Waals surface area contributed by atoms with Crippen molar-refractivity contribution in [3.63, 3.8) is 0 Å². The molecule has 0 aliphatic rings. The molecule has 2 aromatic heterocycles. The molecule has 25 heavy (non-hydrogen) atoms. The highest BCUT2D eigenvalue weighted by Crippen LogP contribution is 2.21. The molecular weight excluding hydrogens is 345 g/mol. The van der Waals surface area contributed by atoms with E-state index in [1.807, 2.05) is 6.92 Å². The van der Waals surface area contributed by atoms with Gasteiger partial charge in [-0.25, -0.2) is 4.39 Å². The summed E-state index contributed by atoms with van der Waals surface area (Å²) in [6.45, 7) is 4.66. The van der Waals surface area contributed by atoms with Crippen molar-refractivity contribution >= 4 is 23.2 Å². The first-order valence-electron chi connectivity index (χ1n) is 7.79. The Morgan fingerprint density at radius 3 is 2.72 bits per heavy atom.